The normalized spacial score (nSPS) is 27.6. The molecule has 1 saturated carbocycles. The van der Waals surface area contributed by atoms with Crippen LogP contribution in [0.3, 0.4) is 0 Å². The van der Waals surface area contributed by atoms with Gasteiger partial charge in [0.05, 0.1) is 6.54 Å². The number of nitrogens with two attached hydrogens (primary N) is 1. The Morgan fingerprint density at radius 1 is 1.65 bits per heavy atom. The van der Waals surface area contributed by atoms with Crippen LogP contribution in [-0.4, -0.2) is 28.6 Å². The molecule has 17 heavy (non-hydrogen) atoms. The first-order valence-electron chi connectivity index (χ1n) is 5.97. The highest BCUT2D eigenvalue weighted by molar-refractivity contribution is 5.91. The number of fused-ring (bicyclic) bond motifs is 2. The van der Waals surface area contributed by atoms with Crippen molar-refractivity contribution in [2.45, 2.75) is 31.8 Å². The van der Waals surface area contributed by atoms with Crippen LogP contribution in [0.5, 0.6) is 0 Å². The van der Waals surface area contributed by atoms with Gasteiger partial charge in [-0.3, -0.25) is 15.1 Å². The number of nitrogens with one attached hydrogen (secondary N) is 1. The molecule has 92 valence electrons. The van der Waals surface area contributed by atoms with Crippen molar-refractivity contribution in [2.24, 2.45) is 11.8 Å². The molecule has 2 atom stereocenters. The minimum absolute atomic E-state index is 0.242. The zero-order chi connectivity index (χ0) is 11.8. The number of rotatable bonds is 3. The Bertz CT molecular complexity index is 431. The van der Waals surface area contributed by atoms with Gasteiger partial charge in [0.1, 0.15) is 0 Å². The van der Waals surface area contributed by atoms with Gasteiger partial charge in [0.25, 0.3) is 5.91 Å². The maximum absolute atomic E-state index is 11.2. The molecule has 0 radical (unpaired) electrons. The van der Waals surface area contributed by atoms with Crippen LogP contribution in [0.25, 0.3) is 0 Å². The van der Waals surface area contributed by atoms with E-state index < -0.39 is 5.91 Å². The Kier molecular flexibility index (Phi) is 2.60. The lowest BCUT2D eigenvalue weighted by molar-refractivity contribution is 0.0944. The predicted octanol–water partition coefficient (Wildman–Crippen LogP) is 0.262. The Morgan fingerprint density at radius 3 is 3.18 bits per heavy atom. The lowest BCUT2D eigenvalue weighted by Crippen LogP contribution is -2.31. The maximum atomic E-state index is 11.2. The van der Waals surface area contributed by atoms with Crippen molar-refractivity contribution in [1.82, 2.24) is 15.5 Å². The molecule has 2 aliphatic rings. The Hall–Kier alpha value is -1.40. The van der Waals surface area contributed by atoms with Crippen molar-refractivity contribution < 1.29 is 9.32 Å². The number of carbonyl (C=O) groups is 1. The lowest BCUT2D eigenvalue weighted by atomic mass is 10.1. The van der Waals surface area contributed by atoms with E-state index in [1.807, 2.05) is 5.43 Å². The number of nitrogen functional groups attached to an aromatic ring is 1. The van der Waals surface area contributed by atoms with E-state index in [4.69, 9.17) is 10.4 Å². The molecule has 2 bridgehead atoms. The topological polar surface area (TPSA) is 84.4 Å². The second kappa shape index (κ2) is 4.12. The van der Waals surface area contributed by atoms with Gasteiger partial charge < -0.3 is 4.52 Å². The van der Waals surface area contributed by atoms with Gasteiger partial charge in [0, 0.05) is 18.7 Å². The largest absolute Gasteiger partial charge is 0.359 e. The van der Waals surface area contributed by atoms with E-state index in [1.165, 1.54) is 19.3 Å². The average Bonchev–Trinajstić information content (AvgIpc) is 3.03. The van der Waals surface area contributed by atoms with Gasteiger partial charge in [-0.05, 0) is 25.2 Å². The van der Waals surface area contributed by atoms with Crippen LogP contribution in [0.4, 0.5) is 0 Å². The fourth-order valence-corrected chi connectivity index (χ4v) is 2.99. The number of hydrazine groups is 1. The molecular weight excluding hydrogens is 220 g/mol. The van der Waals surface area contributed by atoms with Crippen LogP contribution >= 0.6 is 0 Å². The molecule has 1 aliphatic carbocycles. The van der Waals surface area contributed by atoms with Crippen molar-refractivity contribution in [1.29, 1.82) is 0 Å². The van der Waals surface area contributed by atoms with Gasteiger partial charge >= 0.3 is 0 Å². The van der Waals surface area contributed by atoms with Gasteiger partial charge in [-0.25, -0.2) is 5.84 Å². The summed E-state index contributed by atoms with van der Waals surface area (Å²) in [5.41, 5.74) is 2.28. The van der Waals surface area contributed by atoms with Crippen LogP contribution in [0, 0.1) is 5.92 Å². The molecule has 1 aromatic rings. The second-order valence-electron chi connectivity index (χ2n) is 4.91. The van der Waals surface area contributed by atoms with Crippen LogP contribution in [0.1, 0.15) is 35.5 Å². The number of likely N-dealkylation sites (tertiary alicyclic amines) is 1. The van der Waals surface area contributed by atoms with Crippen LogP contribution in [0.2, 0.25) is 0 Å². The van der Waals surface area contributed by atoms with E-state index >= 15 is 0 Å². The highest BCUT2D eigenvalue weighted by atomic mass is 16.5. The van der Waals surface area contributed by atoms with Crippen LogP contribution in [-0.2, 0) is 6.54 Å². The molecule has 1 aliphatic heterocycles. The minimum atomic E-state index is -0.414. The number of nitrogens with zero attached hydrogens (tertiary/aromatic N) is 2. The third-order valence-corrected chi connectivity index (χ3v) is 3.80. The van der Waals surface area contributed by atoms with Crippen molar-refractivity contribution in [3.8, 4) is 0 Å². The Balaban J connectivity index is 1.65. The molecule has 6 nitrogen and oxygen atoms in total. The summed E-state index contributed by atoms with van der Waals surface area (Å²) >= 11 is 0. The van der Waals surface area contributed by atoms with Crippen molar-refractivity contribution in [3.63, 3.8) is 0 Å². The number of carbonyl (C=O) groups excluding carboxylic acids is 1. The fraction of sp³-hybridized carbons (Fsp3) is 0.636. The third kappa shape index (κ3) is 1.94. The maximum Gasteiger partial charge on any atom is 0.287 e. The molecule has 2 fully saturated rings. The number of piperidine rings is 1. The van der Waals surface area contributed by atoms with Gasteiger partial charge in [-0.15, -0.1) is 0 Å². The fourth-order valence-electron chi connectivity index (χ4n) is 2.99. The first-order valence-corrected chi connectivity index (χ1v) is 5.97. The Morgan fingerprint density at radius 2 is 2.53 bits per heavy atom. The molecular formula is C11H16N4O2. The molecule has 6 heteroatoms. The zero-order valence-electron chi connectivity index (χ0n) is 9.56. The monoisotopic (exact) mass is 236 g/mol. The van der Waals surface area contributed by atoms with Crippen molar-refractivity contribution >= 4 is 5.91 Å². The summed E-state index contributed by atoms with van der Waals surface area (Å²) < 4.78 is 5.15. The minimum Gasteiger partial charge on any atom is -0.359 e. The van der Waals surface area contributed by atoms with Crippen LogP contribution in [0.15, 0.2) is 10.6 Å². The number of aromatic nitrogens is 1. The number of hydrogen-bond acceptors (Lipinski definition) is 5. The predicted molar refractivity (Wildman–Crippen MR) is 59.7 cm³/mol. The summed E-state index contributed by atoms with van der Waals surface area (Å²) in [7, 11) is 0. The van der Waals surface area contributed by atoms with Gasteiger partial charge in [0.2, 0.25) is 0 Å². The highest BCUT2D eigenvalue weighted by Crippen LogP contribution is 2.38. The summed E-state index contributed by atoms with van der Waals surface area (Å²) in [6.45, 7) is 1.88. The van der Waals surface area contributed by atoms with E-state index in [0.717, 1.165) is 24.8 Å². The SMILES string of the molecule is NNC(=O)c1cc(CN2CC3CCC2C3)on1. The molecule has 1 saturated heterocycles. The standard InChI is InChI=1S/C11H16N4O2/c12-13-11(16)10-4-9(17-14-10)6-15-5-7-1-2-8(15)3-7/h4,7-8H,1-3,5-6,12H2,(H,13,16). The molecule has 3 N–H and O–H groups in total. The Labute approximate surface area is 99.1 Å². The summed E-state index contributed by atoms with van der Waals surface area (Å²) in [6.07, 6.45) is 3.96. The molecule has 0 aromatic carbocycles. The number of amides is 1. The van der Waals surface area contributed by atoms with E-state index in [-0.39, 0.29) is 5.69 Å². The zero-order valence-corrected chi connectivity index (χ0v) is 9.56. The van der Waals surface area contributed by atoms with Crippen molar-refractivity contribution in [2.75, 3.05) is 6.54 Å². The first kappa shape index (κ1) is 10.7. The summed E-state index contributed by atoms with van der Waals surface area (Å²) in [4.78, 5) is 13.6. The van der Waals surface area contributed by atoms with E-state index in [0.29, 0.717) is 6.04 Å². The molecule has 2 heterocycles. The summed E-state index contributed by atoms with van der Waals surface area (Å²) in [5, 5.41) is 3.70. The molecule has 1 aromatic heterocycles. The molecule has 3 rings (SSSR count). The highest BCUT2D eigenvalue weighted by Gasteiger charge is 2.37. The third-order valence-electron chi connectivity index (χ3n) is 3.80. The van der Waals surface area contributed by atoms with Crippen molar-refractivity contribution in [3.05, 3.63) is 17.5 Å². The quantitative estimate of drug-likeness (QED) is 0.447. The van der Waals surface area contributed by atoms with Gasteiger partial charge in [-0.1, -0.05) is 5.16 Å². The molecule has 2 unspecified atom stereocenters. The lowest BCUT2D eigenvalue weighted by Gasteiger charge is -2.25. The first-order chi connectivity index (χ1) is 8.26. The second-order valence-corrected chi connectivity index (χ2v) is 4.91. The molecule has 1 amide bonds. The van der Waals surface area contributed by atoms with E-state index in [2.05, 4.69) is 10.1 Å². The van der Waals surface area contributed by atoms with Gasteiger partial charge in [-0.2, -0.15) is 0 Å². The summed E-state index contributed by atoms with van der Waals surface area (Å²) in [6, 6.07) is 2.35. The number of hydrogen-bond donors (Lipinski definition) is 2. The average molecular weight is 236 g/mol. The van der Waals surface area contributed by atoms with E-state index in [9.17, 15) is 4.79 Å². The van der Waals surface area contributed by atoms with E-state index in [1.54, 1.807) is 6.07 Å². The molecule has 0 spiro atoms. The summed E-state index contributed by atoms with van der Waals surface area (Å²) in [5.74, 6) is 6.21. The smallest absolute Gasteiger partial charge is 0.287 e. The van der Waals surface area contributed by atoms with Gasteiger partial charge in [0.15, 0.2) is 11.5 Å². The van der Waals surface area contributed by atoms with Crippen LogP contribution < -0.4 is 11.3 Å².